The van der Waals surface area contributed by atoms with E-state index in [-0.39, 0.29) is 12.1 Å². The summed E-state index contributed by atoms with van der Waals surface area (Å²) < 4.78 is 26.2. The molecule has 4 heteroatoms. The van der Waals surface area contributed by atoms with Gasteiger partial charge in [0.25, 0.3) is 0 Å². The van der Waals surface area contributed by atoms with Crippen LogP contribution in [0.3, 0.4) is 0 Å². The van der Waals surface area contributed by atoms with Crippen molar-refractivity contribution in [2.75, 3.05) is 0 Å². The van der Waals surface area contributed by atoms with E-state index >= 15 is 0 Å². The van der Waals surface area contributed by atoms with Gasteiger partial charge in [0.05, 0.1) is 12.1 Å². The number of nitrogens with one attached hydrogen (secondary N) is 1. The molecule has 0 aliphatic heterocycles. The van der Waals surface area contributed by atoms with Crippen molar-refractivity contribution in [2.24, 2.45) is 0 Å². The van der Waals surface area contributed by atoms with Crippen molar-refractivity contribution in [3.8, 4) is 0 Å². The molecule has 0 amide bonds. The van der Waals surface area contributed by atoms with Crippen LogP contribution in [0, 0.1) is 11.6 Å². The highest BCUT2D eigenvalue weighted by molar-refractivity contribution is 5.21. The monoisotopic (exact) mass is 241 g/mol. The zero-order valence-corrected chi connectivity index (χ0v) is 9.88. The summed E-state index contributed by atoms with van der Waals surface area (Å²) in [6.07, 6.45) is 4.69. The third-order valence-electron chi connectivity index (χ3n) is 3.14. The van der Waals surface area contributed by atoms with Gasteiger partial charge in [-0.2, -0.15) is 5.48 Å². The van der Waals surface area contributed by atoms with Crippen molar-refractivity contribution in [1.82, 2.24) is 5.48 Å². The van der Waals surface area contributed by atoms with Crippen LogP contribution in [0.15, 0.2) is 18.2 Å². The van der Waals surface area contributed by atoms with Crippen LogP contribution in [0.2, 0.25) is 0 Å². The highest BCUT2D eigenvalue weighted by Crippen LogP contribution is 2.22. The van der Waals surface area contributed by atoms with E-state index in [9.17, 15) is 8.78 Å². The number of hydroxylamine groups is 1. The summed E-state index contributed by atoms with van der Waals surface area (Å²) in [6, 6.07) is 3.31. The molecule has 1 aliphatic rings. The van der Waals surface area contributed by atoms with E-state index in [1.54, 1.807) is 6.92 Å². The van der Waals surface area contributed by atoms with Gasteiger partial charge < -0.3 is 0 Å². The second-order valence-electron chi connectivity index (χ2n) is 4.53. The first-order valence-corrected chi connectivity index (χ1v) is 6.03. The second kappa shape index (κ2) is 5.56. The van der Waals surface area contributed by atoms with Crippen LogP contribution in [-0.4, -0.2) is 6.10 Å². The Morgan fingerprint density at radius 1 is 1.29 bits per heavy atom. The molecule has 94 valence electrons. The molecule has 1 saturated carbocycles. The molecule has 0 bridgehead atoms. The van der Waals surface area contributed by atoms with Crippen molar-refractivity contribution >= 4 is 0 Å². The second-order valence-corrected chi connectivity index (χ2v) is 4.53. The smallest absolute Gasteiger partial charge is 0.130 e. The SMILES string of the molecule is CC(NOC1CCCC1)c1ccc(F)cc1F. The van der Waals surface area contributed by atoms with Crippen molar-refractivity contribution in [2.45, 2.75) is 44.8 Å². The van der Waals surface area contributed by atoms with Crippen LogP contribution < -0.4 is 5.48 Å². The molecule has 0 heterocycles. The first kappa shape index (κ1) is 12.5. The first-order valence-electron chi connectivity index (χ1n) is 6.03. The summed E-state index contributed by atoms with van der Waals surface area (Å²) in [4.78, 5) is 5.49. The van der Waals surface area contributed by atoms with Crippen molar-refractivity contribution in [3.63, 3.8) is 0 Å². The summed E-state index contributed by atoms with van der Waals surface area (Å²) in [5.41, 5.74) is 3.26. The van der Waals surface area contributed by atoms with Crippen LogP contribution in [-0.2, 0) is 4.84 Å². The average molecular weight is 241 g/mol. The molecule has 2 nitrogen and oxygen atoms in total. The Kier molecular flexibility index (Phi) is 4.07. The lowest BCUT2D eigenvalue weighted by Gasteiger charge is -2.18. The Morgan fingerprint density at radius 3 is 2.65 bits per heavy atom. The highest BCUT2D eigenvalue weighted by Gasteiger charge is 2.18. The molecule has 0 spiro atoms. The summed E-state index contributed by atoms with van der Waals surface area (Å²) in [7, 11) is 0. The summed E-state index contributed by atoms with van der Waals surface area (Å²) in [6.45, 7) is 1.80. The number of benzene rings is 1. The molecular weight excluding hydrogens is 224 g/mol. The molecule has 0 saturated heterocycles. The van der Waals surface area contributed by atoms with Crippen LogP contribution in [0.5, 0.6) is 0 Å². The minimum Gasteiger partial charge on any atom is -0.298 e. The van der Waals surface area contributed by atoms with Crippen molar-refractivity contribution in [1.29, 1.82) is 0 Å². The van der Waals surface area contributed by atoms with Crippen molar-refractivity contribution < 1.29 is 13.6 Å². The maximum Gasteiger partial charge on any atom is 0.130 e. The van der Waals surface area contributed by atoms with Crippen LogP contribution in [0.4, 0.5) is 8.78 Å². The summed E-state index contributed by atoms with van der Waals surface area (Å²) in [5.74, 6) is -1.10. The minimum absolute atomic E-state index is 0.223. The third-order valence-corrected chi connectivity index (χ3v) is 3.14. The standard InChI is InChI=1S/C13H17F2NO/c1-9(16-17-11-4-2-3-5-11)12-7-6-10(14)8-13(12)15/h6-9,11,16H,2-5H2,1H3. The van der Waals surface area contributed by atoms with E-state index < -0.39 is 11.6 Å². The maximum absolute atomic E-state index is 13.5. The average Bonchev–Trinajstić information content (AvgIpc) is 2.78. The molecule has 1 fully saturated rings. The van der Waals surface area contributed by atoms with E-state index in [1.807, 2.05) is 0 Å². The molecule has 17 heavy (non-hydrogen) atoms. The molecule has 1 aromatic rings. The number of rotatable bonds is 4. The molecular formula is C13H17F2NO. The fraction of sp³-hybridized carbons (Fsp3) is 0.538. The molecule has 1 N–H and O–H groups in total. The van der Waals surface area contributed by atoms with E-state index in [0.717, 1.165) is 18.9 Å². The van der Waals surface area contributed by atoms with E-state index in [1.165, 1.54) is 25.0 Å². The van der Waals surface area contributed by atoms with Gasteiger partial charge in [0.2, 0.25) is 0 Å². The number of hydrogen-bond acceptors (Lipinski definition) is 2. The predicted octanol–water partition coefficient (Wildman–Crippen LogP) is 3.49. The quantitative estimate of drug-likeness (QED) is 0.815. The summed E-state index contributed by atoms with van der Waals surface area (Å²) >= 11 is 0. The molecule has 1 aromatic carbocycles. The van der Waals surface area contributed by atoms with Gasteiger partial charge in [-0.05, 0) is 25.8 Å². The van der Waals surface area contributed by atoms with E-state index in [2.05, 4.69) is 5.48 Å². The molecule has 0 aromatic heterocycles. The topological polar surface area (TPSA) is 21.3 Å². The van der Waals surface area contributed by atoms with Crippen LogP contribution in [0.25, 0.3) is 0 Å². The summed E-state index contributed by atoms with van der Waals surface area (Å²) in [5, 5.41) is 0. The predicted molar refractivity (Wildman–Crippen MR) is 61.2 cm³/mol. The zero-order valence-electron chi connectivity index (χ0n) is 9.88. The largest absolute Gasteiger partial charge is 0.298 e. The van der Waals surface area contributed by atoms with Gasteiger partial charge in [-0.25, -0.2) is 8.78 Å². The maximum atomic E-state index is 13.5. The van der Waals surface area contributed by atoms with Gasteiger partial charge in [0, 0.05) is 11.6 Å². The Labute approximate surface area is 99.9 Å². The minimum atomic E-state index is -0.560. The van der Waals surface area contributed by atoms with Gasteiger partial charge in [-0.3, -0.25) is 4.84 Å². The van der Waals surface area contributed by atoms with E-state index in [0.29, 0.717) is 5.56 Å². The lowest BCUT2D eigenvalue weighted by molar-refractivity contribution is -0.0382. The van der Waals surface area contributed by atoms with Gasteiger partial charge in [0.15, 0.2) is 0 Å². The molecule has 0 radical (unpaired) electrons. The van der Waals surface area contributed by atoms with Gasteiger partial charge in [-0.1, -0.05) is 18.9 Å². The number of hydrogen-bond donors (Lipinski definition) is 1. The Bertz CT molecular complexity index is 378. The van der Waals surface area contributed by atoms with Crippen molar-refractivity contribution in [3.05, 3.63) is 35.4 Å². The first-order chi connectivity index (χ1) is 8.16. The molecule has 1 aliphatic carbocycles. The normalized spacial score (nSPS) is 18.5. The van der Waals surface area contributed by atoms with Crippen LogP contribution >= 0.6 is 0 Å². The third kappa shape index (κ3) is 3.23. The fourth-order valence-electron chi connectivity index (χ4n) is 2.12. The fourth-order valence-corrected chi connectivity index (χ4v) is 2.12. The Hall–Kier alpha value is -1.00. The Morgan fingerprint density at radius 2 is 2.00 bits per heavy atom. The van der Waals surface area contributed by atoms with Crippen LogP contribution in [0.1, 0.15) is 44.2 Å². The lowest BCUT2D eigenvalue weighted by atomic mass is 10.1. The zero-order chi connectivity index (χ0) is 12.3. The van der Waals surface area contributed by atoms with Gasteiger partial charge in [-0.15, -0.1) is 0 Å². The van der Waals surface area contributed by atoms with E-state index in [4.69, 9.17) is 4.84 Å². The Balaban J connectivity index is 1.91. The molecule has 1 atom stereocenters. The van der Waals surface area contributed by atoms with Gasteiger partial charge >= 0.3 is 0 Å². The van der Waals surface area contributed by atoms with Gasteiger partial charge in [0.1, 0.15) is 11.6 Å². The highest BCUT2D eigenvalue weighted by atomic mass is 19.1. The lowest BCUT2D eigenvalue weighted by Crippen LogP contribution is -2.25. The molecule has 2 rings (SSSR count). The number of halogens is 2. The molecule has 1 unspecified atom stereocenters.